The molecule has 0 aliphatic rings. The number of nitrogens with one attached hydrogen (secondary N) is 3. The van der Waals surface area contributed by atoms with Gasteiger partial charge < -0.3 is 10.6 Å². The molecule has 0 saturated heterocycles. The number of unbranched alkanes of at least 4 members (excludes halogenated alkanes) is 1. The predicted octanol–water partition coefficient (Wildman–Crippen LogP) is 1.64. The largest absolute Gasteiger partial charge is 0.355 e. The molecule has 0 bridgehead atoms. The lowest BCUT2D eigenvalue weighted by atomic mass is 10.2. The van der Waals surface area contributed by atoms with Crippen LogP contribution in [0.3, 0.4) is 0 Å². The average Bonchev–Trinajstić information content (AvgIpc) is 2.94. The van der Waals surface area contributed by atoms with Gasteiger partial charge in [-0.1, -0.05) is 11.3 Å². The molecule has 9 heteroatoms. The van der Waals surface area contributed by atoms with Gasteiger partial charge in [0, 0.05) is 19.0 Å². The lowest BCUT2D eigenvalue weighted by Crippen LogP contribution is -2.30. The summed E-state index contributed by atoms with van der Waals surface area (Å²) in [7, 11) is 0. The number of carbonyl (C=O) groups is 2. The minimum atomic E-state index is -0.440. The van der Waals surface area contributed by atoms with E-state index in [9.17, 15) is 14.0 Å². The van der Waals surface area contributed by atoms with Gasteiger partial charge in [0.25, 0.3) is 0 Å². The van der Waals surface area contributed by atoms with E-state index in [1.54, 1.807) is 11.5 Å². The van der Waals surface area contributed by atoms with Crippen LogP contribution in [0.15, 0.2) is 18.2 Å². The first kappa shape index (κ1) is 17.1. The maximum atomic E-state index is 13.1. The Kier molecular flexibility index (Phi) is 6.24. The van der Waals surface area contributed by atoms with Crippen LogP contribution in [0.5, 0.6) is 0 Å². The summed E-state index contributed by atoms with van der Waals surface area (Å²) in [5.74, 6) is -0.978. The summed E-state index contributed by atoms with van der Waals surface area (Å²) < 4.78 is 13.9. The minimum absolute atomic E-state index is 0.0689. The van der Waals surface area contributed by atoms with Gasteiger partial charge in [0.05, 0.1) is 16.8 Å². The smallest absolute Gasteiger partial charge is 0.243 e. The van der Waals surface area contributed by atoms with Gasteiger partial charge in [-0.3, -0.25) is 14.8 Å². The molecule has 2 amide bonds. The van der Waals surface area contributed by atoms with E-state index in [0.717, 1.165) is 4.70 Å². The Bertz CT molecular complexity index is 692. The Morgan fingerprint density at radius 2 is 2.09 bits per heavy atom. The standard InChI is InChI=1S/C14H17FN4O3S/c15-9-4-5-11-10(7-9)18-14(23-11)17-8-13(21)16-6-2-1-3-12(20)19-22/h4-5,7,22H,1-3,6,8H2,(H,16,21)(H,17,18)(H,19,20). The molecule has 2 aromatic rings. The molecule has 0 aliphatic carbocycles. The molecule has 4 N–H and O–H groups in total. The lowest BCUT2D eigenvalue weighted by Gasteiger charge is -2.05. The third-order valence-electron chi connectivity index (χ3n) is 3.03. The molecule has 1 aromatic carbocycles. The summed E-state index contributed by atoms with van der Waals surface area (Å²) in [5.41, 5.74) is 2.11. The number of nitrogens with zero attached hydrogens (tertiary/aromatic N) is 1. The minimum Gasteiger partial charge on any atom is -0.355 e. The third kappa shape index (κ3) is 5.46. The summed E-state index contributed by atoms with van der Waals surface area (Å²) in [5, 5.41) is 14.5. The molecule has 0 aliphatic heterocycles. The molecular weight excluding hydrogens is 323 g/mol. The van der Waals surface area contributed by atoms with Gasteiger partial charge in [0.1, 0.15) is 5.82 Å². The molecule has 0 unspecified atom stereocenters. The average molecular weight is 340 g/mol. The number of anilines is 1. The topological polar surface area (TPSA) is 103 Å². The van der Waals surface area contributed by atoms with E-state index in [1.165, 1.54) is 23.5 Å². The van der Waals surface area contributed by atoms with Crippen molar-refractivity contribution in [3.8, 4) is 0 Å². The zero-order valence-electron chi connectivity index (χ0n) is 12.3. The number of fused-ring (bicyclic) bond motifs is 1. The van der Waals surface area contributed by atoms with Crippen LogP contribution in [0.2, 0.25) is 0 Å². The van der Waals surface area contributed by atoms with E-state index in [-0.39, 0.29) is 24.7 Å². The maximum absolute atomic E-state index is 13.1. The van der Waals surface area contributed by atoms with Crippen LogP contribution >= 0.6 is 11.3 Å². The number of carbonyl (C=O) groups excluding carboxylic acids is 2. The van der Waals surface area contributed by atoms with Crippen molar-refractivity contribution in [1.82, 2.24) is 15.8 Å². The van der Waals surface area contributed by atoms with Gasteiger partial charge >= 0.3 is 0 Å². The second kappa shape index (κ2) is 8.39. The van der Waals surface area contributed by atoms with Crippen LogP contribution in [0.25, 0.3) is 10.2 Å². The van der Waals surface area contributed by atoms with Gasteiger partial charge in [0.15, 0.2) is 5.13 Å². The Hall–Kier alpha value is -2.26. The monoisotopic (exact) mass is 340 g/mol. The van der Waals surface area contributed by atoms with Gasteiger partial charge in [-0.2, -0.15) is 0 Å². The lowest BCUT2D eigenvalue weighted by molar-refractivity contribution is -0.129. The highest BCUT2D eigenvalue weighted by Gasteiger charge is 2.07. The van der Waals surface area contributed by atoms with Gasteiger partial charge in [-0.15, -0.1) is 0 Å². The molecule has 7 nitrogen and oxygen atoms in total. The molecule has 1 heterocycles. The summed E-state index contributed by atoms with van der Waals surface area (Å²) in [4.78, 5) is 26.6. The fourth-order valence-electron chi connectivity index (χ4n) is 1.89. The molecule has 2 rings (SSSR count). The highest BCUT2D eigenvalue weighted by molar-refractivity contribution is 7.22. The molecule has 0 fully saturated rings. The highest BCUT2D eigenvalue weighted by Crippen LogP contribution is 2.25. The van der Waals surface area contributed by atoms with Crippen LogP contribution in [0, 0.1) is 5.82 Å². The second-order valence-corrected chi connectivity index (χ2v) is 5.86. The van der Waals surface area contributed by atoms with Crippen LogP contribution in [-0.2, 0) is 9.59 Å². The number of halogens is 1. The number of rotatable bonds is 8. The molecule has 0 saturated carbocycles. The zero-order chi connectivity index (χ0) is 16.7. The van der Waals surface area contributed by atoms with E-state index in [4.69, 9.17) is 5.21 Å². The van der Waals surface area contributed by atoms with Crippen molar-refractivity contribution >= 4 is 38.5 Å². The fourth-order valence-corrected chi connectivity index (χ4v) is 2.73. The third-order valence-corrected chi connectivity index (χ3v) is 4.02. The Balaban J connectivity index is 1.68. The number of aromatic nitrogens is 1. The highest BCUT2D eigenvalue weighted by atomic mass is 32.1. The SMILES string of the molecule is O=C(CCCCNC(=O)CNc1nc2cc(F)ccc2s1)NO. The van der Waals surface area contributed by atoms with Crippen LogP contribution in [0.1, 0.15) is 19.3 Å². The van der Waals surface area contributed by atoms with Gasteiger partial charge in [0.2, 0.25) is 11.8 Å². The summed E-state index contributed by atoms with van der Waals surface area (Å²) in [6.45, 7) is 0.518. The van der Waals surface area contributed by atoms with E-state index >= 15 is 0 Å². The van der Waals surface area contributed by atoms with Gasteiger partial charge in [-0.25, -0.2) is 14.9 Å². The van der Waals surface area contributed by atoms with Crippen LogP contribution in [-0.4, -0.2) is 35.1 Å². The molecule has 124 valence electrons. The number of hydroxylamine groups is 1. The first-order valence-corrected chi connectivity index (χ1v) is 7.90. The normalized spacial score (nSPS) is 10.5. The van der Waals surface area contributed by atoms with Crippen molar-refractivity contribution in [3.63, 3.8) is 0 Å². The van der Waals surface area contributed by atoms with E-state index in [2.05, 4.69) is 15.6 Å². The van der Waals surface area contributed by atoms with Crippen molar-refractivity contribution < 1.29 is 19.2 Å². The summed E-state index contributed by atoms with van der Waals surface area (Å²) >= 11 is 1.35. The van der Waals surface area contributed by atoms with Crippen molar-refractivity contribution in [2.24, 2.45) is 0 Å². The molecule has 1 aromatic heterocycles. The zero-order valence-corrected chi connectivity index (χ0v) is 13.1. The summed E-state index contributed by atoms with van der Waals surface area (Å²) in [6, 6.07) is 4.36. The first-order chi connectivity index (χ1) is 11.1. The van der Waals surface area contributed by atoms with Crippen LogP contribution in [0.4, 0.5) is 9.52 Å². The van der Waals surface area contributed by atoms with E-state index < -0.39 is 5.91 Å². The van der Waals surface area contributed by atoms with Crippen molar-refractivity contribution in [3.05, 3.63) is 24.0 Å². The number of benzene rings is 1. The Morgan fingerprint density at radius 1 is 1.26 bits per heavy atom. The summed E-state index contributed by atoms with van der Waals surface area (Å²) in [6.07, 6.45) is 1.43. The number of hydrogen-bond acceptors (Lipinski definition) is 6. The molecule has 23 heavy (non-hydrogen) atoms. The Morgan fingerprint density at radius 3 is 2.87 bits per heavy atom. The molecule has 0 atom stereocenters. The molecule has 0 radical (unpaired) electrons. The van der Waals surface area contributed by atoms with Crippen LogP contribution < -0.4 is 16.1 Å². The van der Waals surface area contributed by atoms with Crippen molar-refractivity contribution in [2.45, 2.75) is 19.3 Å². The second-order valence-electron chi connectivity index (χ2n) is 4.83. The number of amides is 2. The van der Waals surface area contributed by atoms with E-state index in [0.29, 0.717) is 30.0 Å². The predicted molar refractivity (Wildman–Crippen MR) is 84.9 cm³/mol. The molecular formula is C14H17FN4O3S. The first-order valence-electron chi connectivity index (χ1n) is 7.08. The van der Waals surface area contributed by atoms with E-state index in [1.807, 2.05) is 0 Å². The number of thiazole rings is 1. The maximum Gasteiger partial charge on any atom is 0.243 e. The fraction of sp³-hybridized carbons (Fsp3) is 0.357. The van der Waals surface area contributed by atoms with Crippen molar-refractivity contribution in [2.75, 3.05) is 18.4 Å². The quantitative estimate of drug-likeness (QED) is 0.332. The molecule has 0 spiro atoms. The number of hydrogen-bond donors (Lipinski definition) is 4. The van der Waals surface area contributed by atoms with Gasteiger partial charge in [-0.05, 0) is 25.0 Å². The van der Waals surface area contributed by atoms with Crippen molar-refractivity contribution in [1.29, 1.82) is 0 Å². The Labute approximate surface area is 135 Å².